The Hall–Kier alpha value is -0.760. The molecule has 2 rings (SSSR count). The molecule has 0 amide bonds. The van der Waals surface area contributed by atoms with Crippen molar-refractivity contribution in [3.8, 4) is 0 Å². The summed E-state index contributed by atoms with van der Waals surface area (Å²) in [5.74, 6) is 0. The van der Waals surface area contributed by atoms with Gasteiger partial charge in [-0.25, -0.2) is 0 Å². The SMILES string of the molecule is O=S(=O)(N1CCc2c(Br)cccc21)C(F)(F)F. The molecule has 3 nitrogen and oxygen atoms in total. The minimum absolute atomic E-state index is 0.0942. The average molecular weight is 330 g/mol. The van der Waals surface area contributed by atoms with Crippen molar-refractivity contribution in [2.24, 2.45) is 0 Å². The first-order valence-electron chi connectivity index (χ1n) is 4.61. The van der Waals surface area contributed by atoms with Crippen LogP contribution in [0, 0.1) is 0 Å². The van der Waals surface area contributed by atoms with Crippen LogP contribution < -0.4 is 4.31 Å². The summed E-state index contributed by atoms with van der Waals surface area (Å²) in [6, 6.07) is 4.55. The lowest BCUT2D eigenvalue weighted by Crippen LogP contribution is -2.39. The van der Waals surface area contributed by atoms with Gasteiger partial charge in [0, 0.05) is 11.0 Å². The molecule has 1 aliphatic heterocycles. The Morgan fingerprint density at radius 3 is 2.53 bits per heavy atom. The maximum atomic E-state index is 12.4. The molecular formula is C9H7BrF3NO2S. The number of fused-ring (bicyclic) bond motifs is 1. The Morgan fingerprint density at radius 2 is 1.94 bits per heavy atom. The van der Waals surface area contributed by atoms with E-state index in [1.807, 2.05) is 0 Å². The summed E-state index contributed by atoms with van der Waals surface area (Å²) >= 11 is 3.19. The molecule has 1 aromatic rings. The predicted molar refractivity (Wildman–Crippen MR) is 60.2 cm³/mol. The van der Waals surface area contributed by atoms with Crippen LogP contribution in [0.15, 0.2) is 22.7 Å². The molecule has 8 heteroatoms. The van der Waals surface area contributed by atoms with Gasteiger partial charge in [0.15, 0.2) is 0 Å². The monoisotopic (exact) mass is 329 g/mol. The lowest BCUT2D eigenvalue weighted by molar-refractivity contribution is -0.0437. The summed E-state index contributed by atoms with van der Waals surface area (Å²) in [4.78, 5) is 0. The van der Waals surface area contributed by atoms with E-state index in [0.717, 1.165) is 0 Å². The molecule has 0 aromatic heterocycles. The third-order valence-corrected chi connectivity index (χ3v) is 4.80. The van der Waals surface area contributed by atoms with Crippen molar-refractivity contribution in [3.05, 3.63) is 28.2 Å². The number of benzene rings is 1. The second-order valence-corrected chi connectivity index (χ2v) is 6.22. The molecule has 0 spiro atoms. The summed E-state index contributed by atoms with van der Waals surface area (Å²) in [7, 11) is -5.29. The van der Waals surface area contributed by atoms with E-state index in [1.165, 1.54) is 12.1 Å². The lowest BCUT2D eigenvalue weighted by atomic mass is 10.2. The number of nitrogens with zero attached hydrogens (tertiary/aromatic N) is 1. The standard InChI is InChI=1S/C9H7BrF3NO2S/c10-7-2-1-3-8-6(7)4-5-14(8)17(15,16)9(11,12)13/h1-3H,4-5H2. The number of anilines is 1. The van der Waals surface area contributed by atoms with Crippen LogP contribution in [0.2, 0.25) is 0 Å². The molecule has 1 aromatic carbocycles. The van der Waals surface area contributed by atoms with Crippen LogP contribution in [-0.2, 0) is 16.4 Å². The summed E-state index contributed by atoms with van der Waals surface area (Å²) < 4.78 is 61.0. The number of hydrogen-bond acceptors (Lipinski definition) is 2. The Kier molecular flexibility index (Phi) is 2.89. The smallest absolute Gasteiger partial charge is 0.262 e. The van der Waals surface area contributed by atoms with E-state index in [9.17, 15) is 21.6 Å². The highest BCUT2D eigenvalue weighted by Crippen LogP contribution is 2.39. The molecule has 1 aliphatic rings. The molecule has 17 heavy (non-hydrogen) atoms. The summed E-state index contributed by atoms with van der Waals surface area (Å²) in [6.07, 6.45) is 0.270. The first-order valence-corrected chi connectivity index (χ1v) is 6.85. The van der Waals surface area contributed by atoms with Gasteiger partial charge in [-0.3, -0.25) is 4.31 Å². The highest BCUT2D eigenvalue weighted by Gasteiger charge is 2.51. The van der Waals surface area contributed by atoms with Crippen molar-refractivity contribution in [1.82, 2.24) is 0 Å². The highest BCUT2D eigenvalue weighted by molar-refractivity contribution is 9.10. The topological polar surface area (TPSA) is 37.4 Å². The largest absolute Gasteiger partial charge is 0.516 e. The molecule has 0 fully saturated rings. The first kappa shape index (κ1) is 12.7. The number of alkyl halides is 3. The Labute approximate surface area is 104 Å². The van der Waals surface area contributed by atoms with Crippen LogP contribution in [0.3, 0.4) is 0 Å². The van der Waals surface area contributed by atoms with Crippen molar-refractivity contribution in [3.63, 3.8) is 0 Å². The maximum absolute atomic E-state index is 12.4. The number of sulfonamides is 1. The van der Waals surface area contributed by atoms with Gasteiger partial charge in [-0.2, -0.15) is 21.6 Å². The summed E-state index contributed by atoms with van der Waals surface area (Å²) in [5.41, 5.74) is -4.59. The van der Waals surface area contributed by atoms with Crippen molar-refractivity contribution in [2.45, 2.75) is 11.9 Å². The Morgan fingerprint density at radius 1 is 1.29 bits per heavy atom. The van der Waals surface area contributed by atoms with Crippen molar-refractivity contribution < 1.29 is 21.6 Å². The molecule has 0 atom stereocenters. The van der Waals surface area contributed by atoms with Crippen molar-refractivity contribution in [2.75, 3.05) is 10.8 Å². The number of rotatable bonds is 1. The van der Waals surface area contributed by atoms with Gasteiger partial charge in [-0.05, 0) is 24.1 Å². The molecule has 0 saturated heterocycles. The third kappa shape index (κ3) is 1.93. The fourth-order valence-corrected chi connectivity index (χ4v) is 3.30. The molecule has 94 valence electrons. The van der Waals surface area contributed by atoms with Gasteiger partial charge in [0.1, 0.15) is 0 Å². The second kappa shape index (κ2) is 3.88. The first-order chi connectivity index (χ1) is 7.75. The van der Waals surface area contributed by atoms with Gasteiger partial charge in [0.05, 0.1) is 5.69 Å². The van der Waals surface area contributed by atoms with Gasteiger partial charge in [-0.15, -0.1) is 0 Å². The molecule has 0 radical (unpaired) electrons. The Bertz CT molecular complexity index is 556. The van der Waals surface area contributed by atoms with Crippen molar-refractivity contribution in [1.29, 1.82) is 0 Å². The van der Waals surface area contributed by atoms with Crippen LogP contribution in [0.1, 0.15) is 5.56 Å². The fraction of sp³-hybridized carbons (Fsp3) is 0.333. The summed E-state index contributed by atoms with van der Waals surface area (Å²) in [6.45, 7) is -0.181. The Balaban J connectivity index is 2.52. The normalized spacial score (nSPS) is 16.1. The quantitative estimate of drug-likeness (QED) is 0.794. The van der Waals surface area contributed by atoms with E-state index in [1.54, 1.807) is 6.07 Å². The zero-order valence-electron chi connectivity index (χ0n) is 8.33. The molecule has 0 aliphatic carbocycles. The van der Waals surface area contributed by atoms with E-state index in [4.69, 9.17) is 0 Å². The lowest BCUT2D eigenvalue weighted by Gasteiger charge is -2.20. The number of hydrogen-bond donors (Lipinski definition) is 0. The van der Waals surface area contributed by atoms with E-state index < -0.39 is 15.5 Å². The van der Waals surface area contributed by atoms with E-state index in [-0.39, 0.29) is 18.7 Å². The maximum Gasteiger partial charge on any atom is 0.516 e. The average Bonchev–Trinajstić information content (AvgIpc) is 2.61. The molecule has 0 bridgehead atoms. The molecule has 1 heterocycles. The number of halogens is 4. The van der Waals surface area contributed by atoms with Gasteiger partial charge >= 0.3 is 15.5 Å². The predicted octanol–water partition coefficient (Wildman–Crippen LogP) is 2.66. The van der Waals surface area contributed by atoms with Crippen LogP contribution in [0.25, 0.3) is 0 Å². The highest BCUT2D eigenvalue weighted by atomic mass is 79.9. The van der Waals surface area contributed by atoms with Crippen LogP contribution in [0.5, 0.6) is 0 Å². The van der Waals surface area contributed by atoms with Crippen LogP contribution in [-0.4, -0.2) is 20.5 Å². The molecule has 0 unspecified atom stereocenters. The van der Waals surface area contributed by atoms with Gasteiger partial charge in [0.2, 0.25) is 0 Å². The van der Waals surface area contributed by atoms with Gasteiger partial charge in [0.25, 0.3) is 0 Å². The minimum atomic E-state index is -5.29. The minimum Gasteiger partial charge on any atom is -0.262 e. The zero-order valence-corrected chi connectivity index (χ0v) is 10.7. The van der Waals surface area contributed by atoms with Crippen LogP contribution in [0.4, 0.5) is 18.9 Å². The third-order valence-electron chi connectivity index (χ3n) is 2.51. The van der Waals surface area contributed by atoms with Gasteiger partial charge in [-0.1, -0.05) is 22.0 Å². The van der Waals surface area contributed by atoms with E-state index in [0.29, 0.717) is 14.3 Å². The molecule has 0 N–H and O–H groups in total. The van der Waals surface area contributed by atoms with Gasteiger partial charge < -0.3 is 0 Å². The molecule has 0 saturated carbocycles. The fourth-order valence-electron chi connectivity index (χ4n) is 1.74. The second-order valence-electron chi connectivity index (χ2n) is 3.51. The van der Waals surface area contributed by atoms with Crippen LogP contribution >= 0.6 is 15.9 Å². The van der Waals surface area contributed by atoms with Crippen molar-refractivity contribution >= 4 is 31.6 Å². The van der Waals surface area contributed by atoms with E-state index >= 15 is 0 Å². The summed E-state index contributed by atoms with van der Waals surface area (Å²) in [5, 5.41) is 0. The van der Waals surface area contributed by atoms with E-state index in [2.05, 4.69) is 15.9 Å². The molecular weight excluding hydrogens is 323 g/mol. The zero-order chi connectivity index (χ0) is 12.8.